The molecule has 0 radical (unpaired) electrons. The first-order chi connectivity index (χ1) is 10.4. The minimum atomic E-state index is -3.61. The zero-order valence-electron chi connectivity index (χ0n) is 11.8. The molecule has 0 amide bonds. The van der Waals surface area contributed by atoms with Crippen LogP contribution >= 0.6 is 27.5 Å². The summed E-state index contributed by atoms with van der Waals surface area (Å²) < 4.78 is 35.9. The van der Waals surface area contributed by atoms with Gasteiger partial charge in [-0.1, -0.05) is 39.7 Å². The van der Waals surface area contributed by atoms with Crippen LogP contribution in [0.15, 0.2) is 56.7 Å². The molecule has 0 atom stereocenters. The van der Waals surface area contributed by atoms with Gasteiger partial charge in [-0.25, -0.2) is 8.42 Å². The van der Waals surface area contributed by atoms with Crippen LogP contribution in [0.5, 0.6) is 0 Å². The van der Waals surface area contributed by atoms with E-state index in [0.29, 0.717) is 16.1 Å². The van der Waals surface area contributed by atoms with Gasteiger partial charge in [-0.15, -0.1) is 0 Å². The Labute approximate surface area is 143 Å². The summed E-state index contributed by atoms with van der Waals surface area (Å²) in [6, 6.07) is 11.0. The fourth-order valence-electron chi connectivity index (χ4n) is 1.82. The summed E-state index contributed by atoms with van der Waals surface area (Å²) in [5, 5.41) is 0.379. The van der Waals surface area contributed by atoms with Crippen molar-refractivity contribution in [2.45, 2.75) is 16.4 Å². The van der Waals surface area contributed by atoms with Gasteiger partial charge in [0, 0.05) is 16.6 Å². The molecule has 0 aromatic heterocycles. The molecular formula is C15H14BrClO4S. The van der Waals surface area contributed by atoms with E-state index in [1.807, 2.05) is 0 Å². The zero-order chi connectivity index (χ0) is 16.2. The van der Waals surface area contributed by atoms with Crippen molar-refractivity contribution < 1.29 is 17.9 Å². The maximum Gasteiger partial charge on any atom is 0.206 e. The molecular weight excluding hydrogens is 392 g/mol. The highest BCUT2D eigenvalue weighted by Gasteiger charge is 2.19. The second kappa shape index (κ2) is 7.57. The first-order valence-corrected chi connectivity index (χ1v) is 8.96. The van der Waals surface area contributed by atoms with E-state index in [1.165, 1.54) is 19.2 Å². The maximum absolute atomic E-state index is 12.6. The average Bonchev–Trinajstić information content (AvgIpc) is 2.49. The Morgan fingerprint density at radius 3 is 2.50 bits per heavy atom. The summed E-state index contributed by atoms with van der Waals surface area (Å²) in [7, 11) is -2.07. The van der Waals surface area contributed by atoms with E-state index in [0.717, 1.165) is 5.56 Å². The van der Waals surface area contributed by atoms with Crippen molar-refractivity contribution in [3.63, 3.8) is 0 Å². The lowest BCUT2D eigenvalue weighted by molar-refractivity contribution is -0.0392. The highest BCUT2D eigenvalue weighted by Crippen LogP contribution is 2.27. The fourth-order valence-corrected chi connectivity index (χ4v) is 4.05. The third-order valence-electron chi connectivity index (χ3n) is 2.90. The van der Waals surface area contributed by atoms with Crippen molar-refractivity contribution in [3.05, 3.63) is 57.5 Å². The molecule has 0 unspecified atom stereocenters. The van der Waals surface area contributed by atoms with E-state index in [2.05, 4.69) is 15.9 Å². The van der Waals surface area contributed by atoms with Crippen molar-refractivity contribution in [1.29, 1.82) is 0 Å². The van der Waals surface area contributed by atoms with Crippen molar-refractivity contribution in [1.82, 2.24) is 0 Å². The molecule has 0 aliphatic carbocycles. The number of halogens is 2. The molecule has 0 heterocycles. The second-order valence-electron chi connectivity index (χ2n) is 4.47. The molecule has 22 heavy (non-hydrogen) atoms. The largest absolute Gasteiger partial charge is 0.359 e. The highest BCUT2D eigenvalue weighted by atomic mass is 79.9. The first-order valence-electron chi connectivity index (χ1n) is 6.31. The van der Waals surface area contributed by atoms with Crippen LogP contribution < -0.4 is 0 Å². The van der Waals surface area contributed by atoms with Gasteiger partial charge < -0.3 is 9.47 Å². The summed E-state index contributed by atoms with van der Waals surface area (Å²) in [4.78, 5) is 0.354. The van der Waals surface area contributed by atoms with Crippen LogP contribution in [0.4, 0.5) is 0 Å². The van der Waals surface area contributed by atoms with Gasteiger partial charge in [-0.05, 0) is 35.9 Å². The molecule has 2 aromatic carbocycles. The monoisotopic (exact) mass is 404 g/mol. The number of hydrogen-bond donors (Lipinski definition) is 0. The Bertz CT molecular complexity index is 762. The van der Waals surface area contributed by atoms with Crippen molar-refractivity contribution in [2.75, 3.05) is 13.9 Å². The van der Waals surface area contributed by atoms with Gasteiger partial charge in [0.2, 0.25) is 9.84 Å². The van der Waals surface area contributed by atoms with Crippen molar-refractivity contribution in [2.24, 2.45) is 0 Å². The number of ether oxygens (including phenoxy) is 2. The quantitative estimate of drug-likeness (QED) is 0.537. The molecule has 118 valence electrons. The van der Waals surface area contributed by atoms with Gasteiger partial charge in [0.05, 0.1) is 16.4 Å². The lowest BCUT2D eigenvalue weighted by Gasteiger charge is -2.09. The topological polar surface area (TPSA) is 52.6 Å². The number of hydrogen-bond acceptors (Lipinski definition) is 4. The molecule has 2 aromatic rings. The molecule has 2 rings (SSSR count). The SMILES string of the molecule is COCOCc1ccc(S(=O)(=O)c2cccc(Cl)c2)cc1Br. The smallest absolute Gasteiger partial charge is 0.206 e. The predicted molar refractivity (Wildman–Crippen MR) is 87.7 cm³/mol. The van der Waals surface area contributed by atoms with Gasteiger partial charge in [0.1, 0.15) is 6.79 Å². The summed E-state index contributed by atoms with van der Waals surface area (Å²) in [5.74, 6) is 0. The molecule has 0 N–H and O–H groups in total. The normalized spacial score (nSPS) is 11.6. The van der Waals surface area contributed by atoms with Crippen molar-refractivity contribution in [3.8, 4) is 0 Å². The predicted octanol–water partition coefficient (Wildman–Crippen LogP) is 4.06. The summed E-state index contributed by atoms with van der Waals surface area (Å²) in [6.07, 6.45) is 0. The minimum absolute atomic E-state index is 0.162. The van der Waals surface area contributed by atoms with Crippen LogP contribution in [0.3, 0.4) is 0 Å². The molecule has 4 nitrogen and oxygen atoms in total. The molecule has 7 heteroatoms. The highest BCUT2D eigenvalue weighted by molar-refractivity contribution is 9.10. The summed E-state index contributed by atoms with van der Waals surface area (Å²) >= 11 is 9.23. The Morgan fingerprint density at radius 1 is 1.14 bits per heavy atom. The van der Waals surface area contributed by atoms with E-state index < -0.39 is 9.84 Å². The van der Waals surface area contributed by atoms with Crippen LogP contribution in [-0.2, 0) is 25.9 Å². The van der Waals surface area contributed by atoms with Gasteiger partial charge in [-0.3, -0.25) is 0 Å². The number of rotatable bonds is 6. The van der Waals surface area contributed by atoms with Gasteiger partial charge in [-0.2, -0.15) is 0 Å². The second-order valence-corrected chi connectivity index (χ2v) is 7.71. The van der Waals surface area contributed by atoms with E-state index in [9.17, 15) is 8.42 Å². The average molecular weight is 406 g/mol. The van der Waals surface area contributed by atoms with Crippen LogP contribution in [0.25, 0.3) is 0 Å². The molecule has 0 spiro atoms. The lowest BCUT2D eigenvalue weighted by Crippen LogP contribution is -2.03. The Hall–Kier alpha value is -0.920. The third-order valence-corrected chi connectivity index (χ3v) is 5.62. The van der Waals surface area contributed by atoms with E-state index >= 15 is 0 Å². The van der Waals surface area contributed by atoms with Gasteiger partial charge in [0.15, 0.2) is 0 Å². The standard InChI is InChI=1S/C15H14BrClO4S/c1-20-10-21-9-11-5-6-14(8-15(11)16)22(18,19)13-4-2-3-12(17)7-13/h2-8H,9-10H2,1H3. The Balaban J connectivity index is 2.31. The minimum Gasteiger partial charge on any atom is -0.359 e. The van der Waals surface area contributed by atoms with Crippen LogP contribution in [0.2, 0.25) is 5.02 Å². The van der Waals surface area contributed by atoms with Crippen LogP contribution in [0.1, 0.15) is 5.56 Å². The Morgan fingerprint density at radius 2 is 1.86 bits per heavy atom. The molecule has 0 fully saturated rings. The van der Waals surface area contributed by atoms with Crippen LogP contribution in [-0.4, -0.2) is 22.3 Å². The number of benzene rings is 2. The molecule has 0 aliphatic heterocycles. The third kappa shape index (κ3) is 4.08. The van der Waals surface area contributed by atoms with Crippen molar-refractivity contribution >= 4 is 37.4 Å². The number of methoxy groups -OCH3 is 1. The fraction of sp³-hybridized carbons (Fsp3) is 0.200. The lowest BCUT2D eigenvalue weighted by atomic mass is 10.2. The first kappa shape index (κ1) is 17.4. The number of sulfone groups is 1. The zero-order valence-corrected chi connectivity index (χ0v) is 14.9. The molecule has 0 saturated heterocycles. The molecule has 0 bridgehead atoms. The van der Waals surface area contributed by atoms with E-state index in [1.54, 1.807) is 30.3 Å². The molecule has 0 saturated carbocycles. The van der Waals surface area contributed by atoms with Gasteiger partial charge in [0.25, 0.3) is 0 Å². The summed E-state index contributed by atoms with van der Waals surface area (Å²) in [5.41, 5.74) is 0.835. The van der Waals surface area contributed by atoms with E-state index in [4.69, 9.17) is 21.1 Å². The molecule has 0 aliphatic rings. The van der Waals surface area contributed by atoms with E-state index in [-0.39, 0.29) is 16.6 Å². The maximum atomic E-state index is 12.6. The summed E-state index contributed by atoms with van der Waals surface area (Å²) in [6.45, 7) is 0.501. The Kier molecular flexibility index (Phi) is 6.00. The van der Waals surface area contributed by atoms with Gasteiger partial charge >= 0.3 is 0 Å². The van der Waals surface area contributed by atoms with Crippen LogP contribution in [0, 0.1) is 0 Å².